The molecule has 0 fully saturated rings. The summed E-state index contributed by atoms with van der Waals surface area (Å²) in [5, 5.41) is 9.47. The Morgan fingerprint density at radius 1 is 0.810 bits per heavy atom. The van der Waals surface area contributed by atoms with Crippen LogP contribution in [0, 0.1) is 0 Å². The third-order valence-corrected chi connectivity index (χ3v) is 3.11. The third kappa shape index (κ3) is 3.28. The molecule has 0 aliphatic rings. The summed E-state index contributed by atoms with van der Waals surface area (Å²) in [7, 11) is 4.80. The number of rotatable bonds is 5. The van der Waals surface area contributed by atoms with Crippen molar-refractivity contribution in [1.29, 1.82) is 0 Å². The molecule has 0 amide bonds. The Bertz CT molecular complexity index is 625. The number of ether oxygens (including phenoxy) is 3. The maximum atomic E-state index is 9.47. The number of aromatic hydroxyl groups is 1. The summed E-state index contributed by atoms with van der Waals surface area (Å²) in [5.41, 5.74) is 1.70. The molecule has 110 valence electrons. The van der Waals surface area contributed by atoms with E-state index in [9.17, 15) is 5.11 Å². The lowest BCUT2D eigenvalue weighted by Crippen LogP contribution is -1.92. The second kappa shape index (κ2) is 6.70. The van der Waals surface area contributed by atoms with Gasteiger partial charge in [0.05, 0.1) is 26.9 Å². The van der Waals surface area contributed by atoms with E-state index < -0.39 is 0 Å². The number of benzene rings is 2. The monoisotopic (exact) mass is 286 g/mol. The summed E-state index contributed by atoms with van der Waals surface area (Å²) in [6.45, 7) is 0. The largest absolute Gasteiger partial charge is 0.508 e. The first-order chi connectivity index (χ1) is 10.2. The number of hydrogen-bond acceptors (Lipinski definition) is 4. The van der Waals surface area contributed by atoms with Crippen LogP contribution in [-0.4, -0.2) is 26.4 Å². The third-order valence-electron chi connectivity index (χ3n) is 3.11. The molecule has 2 aromatic rings. The van der Waals surface area contributed by atoms with Gasteiger partial charge in [0.2, 0.25) is 0 Å². The van der Waals surface area contributed by atoms with E-state index in [0.29, 0.717) is 5.75 Å². The fourth-order valence-electron chi connectivity index (χ4n) is 2.05. The Kier molecular flexibility index (Phi) is 4.72. The zero-order chi connectivity index (χ0) is 15.2. The molecule has 4 nitrogen and oxygen atoms in total. The molecule has 0 unspecified atom stereocenters. The Balaban J connectivity index is 2.42. The molecule has 0 heterocycles. The van der Waals surface area contributed by atoms with E-state index >= 15 is 0 Å². The average Bonchev–Trinajstić information content (AvgIpc) is 2.53. The standard InChI is InChI=1S/C17H18O4/c1-19-15-5-4-6-16(20-2)14(15)10-8-12-7-9-13(18)11-17(12)21-3/h4-11,18H,1-3H3/b10-8+. The van der Waals surface area contributed by atoms with Crippen LogP contribution in [0.1, 0.15) is 11.1 Å². The Morgan fingerprint density at radius 3 is 2.00 bits per heavy atom. The minimum Gasteiger partial charge on any atom is -0.508 e. The highest BCUT2D eigenvalue weighted by Gasteiger charge is 2.07. The van der Waals surface area contributed by atoms with Crippen molar-refractivity contribution in [1.82, 2.24) is 0 Å². The smallest absolute Gasteiger partial charge is 0.129 e. The summed E-state index contributed by atoms with van der Waals surface area (Å²) in [6, 6.07) is 10.6. The SMILES string of the molecule is COc1cc(O)ccc1/C=C/c1c(OC)cccc1OC. The highest BCUT2D eigenvalue weighted by Crippen LogP contribution is 2.31. The van der Waals surface area contributed by atoms with Gasteiger partial charge < -0.3 is 19.3 Å². The van der Waals surface area contributed by atoms with Gasteiger partial charge in [-0.15, -0.1) is 0 Å². The van der Waals surface area contributed by atoms with Crippen molar-refractivity contribution >= 4 is 12.2 Å². The van der Waals surface area contributed by atoms with E-state index in [1.807, 2.05) is 30.4 Å². The first-order valence-electron chi connectivity index (χ1n) is 6.45. The maximum absolute atomic E-state index is 9.47. The molecule has 0 atom stereocenters. The molecule has 0 aliphatic heterocycles. The molecule has 21 heavy (non-hydrogen) atoms. The minimum atomic E-state index is 0.166. The van der Waals surface area contributed by atoms with E-state index in [2.05, 4.69) is 0 Å². The average molecular weight is 286 g/mol. The molecule has 2 rings (SSSR count). The fraction of sp³-hybridized carbons (Fsp3) is 0.176. The second-order valence-corrected chi connectivity index (χ2v) is 4.34. The molecule has 0 bridgehead atoms. The molecular weight excluding hydrogens is 268 g/mol. The van der Waals surface area contributed by atoms with Gasteiger partial charge in [0.25, 0.3) is 0 Å². The van der Waals surface area contributed by atoms with Crippen molar-refractivity contribution in [3.63, 3.8) is 0 Å². The van der Waals surface area contributed by atoms with E-state index in [4.69, 9.17) is 14.2 Å². The van der Waals surface area contributed by atoms with Crippen molar-refractivity contribution < 1.29 is 19.3 Å². The number of methoxy groups -OCH3 is 3. The summed E-state index contributed by atoms with van der Waals surface area (Å²) < 4.78 is 16.0. The van der Waals surface area contributed by atoms with Crippen LogP contribution in [0.15, 0.2) is 36.4 Å². The zero-order valence-electron chi connectivity index (χ0n) is 12.3. The van der Waals surface area contributed by atoms with Gasteiger partial charge in [-0.2, -0.15) is 0 Å². The van der Waals surface area contributed by atoms with Crippen molar-refractivity contribution in [2.24, 2.45) is 0 Å². The summed E-state index contributed by atoms with van der Waals surface area (Å²) in [5.74, 6) is 2.21. The number of phenols is 1. The van der Waals surface area contributed by atoms with Gasteiger partial charge in [-0.1, -0.05) is 12.1 Å². The van der Waals surface area contributed by atoms with Crippen LogP contribution >= 0.6 is 0 Å². The first kappa shape index (κ1) is 14.8. The van der Waals surface area contributed by atoms with Gasteiger partial charge in [-0.3, -0.25) is 0 Å². The highest BCUT2D eigenvalue weighted by atomic mass is 16.5. The molecule has 0 saturated heterocycles. The van der Waals surface area contributed by atoms with Gasteiger partial charge in [0, 0.05) is 11.6 Å². The van der Waals surface area contributed by atoms with E-state index in [1.54, 1.807) is 39.5 Å². The second-order valence-electron chi connectivity index (χ2n) is 4.34. The highest BCUT2D eigenvalue weighted by molar-refractivity contribution is 5.78. The van der Waals surface area contributed by atoms with Crippen LogP contribution in [0.25, 0.3) is 12.2 Å². The van der Waals surface area contributed by atoms with Gasteiger partial charge in [0.1, 0.15) is 23.0 Å². The Morgan fingerprint density at radius 2 is 1.43 bits per heavy atom. The van der Waals surface area contributed by atoms with Crippen LogP contribution in [0.3, 0.4) is 0 Å². The van der Waals surface area contributed by atoms with E-state index in [-0.39, 0.29) is 5.75 Å². The molecular formula is C17H18O4. The molecule has 1 N–H and O–H groups in total. The Labute approximate surface area is 124 Å². The first-order valence-corrected chi connectivity index (χ1v) is 6.45. The molecule has 2 aromatic carbocycles. The van der Waals surface area contributed by atoms with Crippen molar-refractivity contribution in [3.8, 4) is 23.0 Å². The van der Waals surface area contributed by atoms with Crippen molar-refractivity contribution in [2.75, 3.05) is 21.3 Å². The molecule has 0 radical (unpaired) electrons. The molecule has 4 heteroatoms. The van der Waals surface area contributed by atoms with Gasteiger partial charge in [-0.25, -0.2) is 0 Å². The van der Waals surface area contributed by atoms with E-state index in [0.717, 1.165) is 22.6 Å². The van der Waals surface area contributed by atoms with Crippen LogP contribution < -0.4 is 14.2 Å². The lowest BCUT2D eigenvalue weighted by Gasteiger charge is -2.10. The topological polar surface area (TPSA) is 47.9 Å². The quantitative estimate of drug-likeness (QED) is 0.853. The van der Waals surface area contributed by atoms with Crippen molar-refractivity contribution in [2.45, 2.75) is 0 Å². The summed E-state index contributed by atoms with van der Waals surface area (Å²) in [4.78, 5) is 0. The summed E-state index contributed by atoms with van der Waals surface area (Å²) in [6.07, 6.45) is 3.78. The zero-order valence-corrected chi connectivity index (χ0v) is 12.3. The predicted molar refractivity (Wildman–Crippen MR) is 83.1 cm³/mol. The van der Waals surface area contributed by atoms with Gasteiger partial charge in [-0.05, 0) is 30.3 Å². The predicted octanol–water partition coefficient (Wildman–Crippen LogP) is 3.59. The van der Waals surface area contributed by atoms with E-state index in [1.165, 1.54) is 0 Å². The van der Waals surface area contributed by atoms with Crippen LogP contribution in [-0.2, 0) is 0 Å². The summed E-state index contributed by atoms with van der Waals surface area (Å²) >= 11 is 0. The maximum Gasteiger partial charge on any atom is 0.129 e. The van der Waals surface area contributed by atoms with Gasteiger partial charge >= 0.3 is 0 Å². The fourth-order valence-corrected chi connectivity index (χ4v) is 2.05. The lowest BCUT2D eigenvalue weighted by atomic mass is 10.1. The minimum absolute atomic E-state index is 0.166. The Hall–Kier alpha value is -2.62. The van der Waals surface area contributed by atoms with Crippen LogP contribution in [0.2, 0.25) is 0 Å². The van der Waals surface area contributed by atoms with Crippen LogP contribution in [0.4, 0.5) is 0 Å². The van der Waals surface area contributed by atoms with Gasteiger partial charge in [0.15, 0.2) is 0 Å². The number of phenolic OH excluding ortho intramolecular Hbond substituents is 1. The molecule has 0 saturated carbocycles. The number of hydrogen-bond donors (Lipinski definition) is 1. The molecule has 0 aromatic heterocycles. The van der Waals surface area contributed by atoms with Crippen LogP contribution in [0.5, 0.6) is 23.0 Å². The molecule has 0 aliphatic carbocycles. The molecule has 0 spiro atoms. The lowest BCUT2D eigenvalue weighted by molar-refractivity contribution is 0.392. The van der Waals surface area contributed by atoms with Crippen molar-refractivity contribution in [3.05, 3.63) is 47.5 Å². The normalized spacial score (nSPS) is 10.6.